The number of nitrogens with zero attached hydrogens (tertiary/aromatic N) is 1. The molecule has 3 rings (SSSR count). The second-order valence-corrected chi connectivity index (χ2v) is 5.91. The smallest absolute Gasteiger partial charge is 0.325 e. The first kappa shape index (κ1) is 15.1. The third kappa shape index (κ3) is 2.76. The molecule has 1 spiro atoms. The van der Waals surface area contributed by atoms with Gasteiger partial charge in [-0.25, -0.2) is 4.79 Å². The monoisotopic (exact) mass is 323 g/mol. The number of hydrogen-bond donors (Lipinski definition) is 2. The van der Waals surface area contributed by atoms with Crippen LogP contribution in [0.5, 0.6) is 5.75 Å². The lowest BCUT2D eigenvalue weighted by Gasteiger charge is -2.31. The lowest BCUT2D eigenvalue weighted by Crippen LogP contribution is -2.54. The Morgan fingerprint density at radius 3 is 2.68 bits per heavy atom. The van der Waals surface area contributed by atoms with Gasteiger partial charge >= 0.3 is 6.03 Å². The molecule has 0 aromatic heterocycles. The number of ether oxygens (including phenoxy) is 1. The standard InChI is InChI=1S/C15H18ClN3O3/c16-11-3-1-2-4-12(11)22-10-9-19-13(20)15(18-14(19)21)5-7-17-8-6-15/h1-4,17H,5-10H2,(H,18,21). The molecule has 0 unspecified atom stereocenters. The Hall–Kier alpha value is -1.79. The number of carbonyl (C=O) groups is 2. The maximum Gasteiger partial charge on any atom is 0.325 e. The van der Waals surface area contributed by atoms with E-state index < -0.39 is 5.54 Å². The maximum absolute atomic E-state index is 12.5. The quantitative estimate of drug-likeness (QED) is 0.822. The van der Waals surface area contributed by atoms with Gasteiger partial charge < -0.3 is 15.4 Å². The van der Waals surface area contributed by atoms with Crippen molar-refractivity contribution in [1.82, 2.24) is 15.5 Å². The summed E-state index contributed by atoms with van der Waals surface area (Å²) in [4.78, 5) is 25.8. The summed E-state index contributed by atoms with van der Waals surface area (Å²) in [5, 5.41) is 6.55. The highest BCUT2D eigenvalue weighted by molar-refractivity contribution is 6.32. The van der Waals surface area contributed by atoms with Crippen molar-refractivity contribution in [2.75, 3.05) is 26.2 Å². The molecule has 2 heterocycles. The van der Waals surface area contributed by atoms with Gasteiger partial charge in [0.25, 0.3) is 5.91 Å². The average Bonchev–Trinajstić information content (AvgIpc) is 2.74. The van der Waals surface area contributed by atoms with Gasteiger partial charge in [0.2, 0.25) is 0 Å². The number of carbonyl (C=O) groups excluding carboxylic acids is 2. The van der Waals surface area contributed by atoms with Crippen molar-refractivity contribution >= 4 is 23.5 Å². The summed E-state index contributed by atoms with van der Waals surface area (Å²) in [5.74, 6) is 0.398. The zero-order chi connectivity index (χ0) is 15.6. The summed E-state index contributed by atoms with van der Waals surface area (Å²) in [6.07, 6.45) is 1.25. The van der Waals surface area contributed by atoms with Crippen molar-refractivity contribution in [2.45, 2.75) is 18.4 Å². The van der Waals surface area contributed by atoms with Gasteiger partial charge in [0, 0.05) is 0 Å². The van der Waals surface area contributed by atoms with Crippen LogP contribution in [0.25, 0.3) is 0 Å². The van der Waals surface area contributed by atoms with E-state index in [2.05, 4.69) is 10.6 Å². The van der Waals surface area contributed by atoms with Crippen LogP contribution in [0.3, 0.4) is 0 Å². The van der Waals surface area contributed by atoms with Gasteiger partial charge in [-0.1, -0.05) is 23.7 Å². The zero-order valence-electron chi connectivity index (χ0n) is 12.1. The lowest BCUT2D eigenvalue weighted by molar-refractivity contribution is -0.132. The van der Waals surface area contributed by atoms with E-state index in [1.807, 2.05) is 12.1 Å². The molecule has 7 heteroatoms. The molecule has 2 fully saturated rings. The van der Waals surface area contributed by atoms with Crippen molar-refractivity contribution in [2.24, 2.45) is 0 Å². The predicted molar refractivity (Wildman–Crippen MR) is 82.0 cm³/mol. The summed E-state index contributed by atoms with van der Waals surface area (Å²) < 4.78 is 5.55. The summed E-state index contributed by atoms with van der Waals surface area (Å²) in [6.45, 7) is 1.90. The third-order valence-corrected chi connectivity index (χ3v) is 4.42. The number of halogens is 1. The van der Waals surface area contributed by atoms with E-state index in [0.717, 1.165) is 13.1 Å². The van der Waals surface area contributed by atoms with Gasteiger partial charge in [-0.05, 0) is 38.1 Å². The Morgan fingerprint density at radius 1 is 1.23 bits per heavy atom. The molecule has 1 aromatic carbocycles. The highest BCUT2D eigenvalue weighted by Crippen LogP contribution is 2.27. The topological polar surface area (TPSA) is 70.7 Å². The minimum absolute atomic E-state index is 0.151. The number of piperidine rings is 1. The van der Waals surface area contributed by atoms with Crippen molar-refractivity contribution in [3.63, 3.8) is 0 Å². The molecule has 6 nitrogen and oxygen atoms in total. The first-order valence-electron chi connectivity index (χ1n) is 7.35. The van der Waals surface area contributed by atoms with E-state index in [-0.39, 0.29) is 25.1 Å². The Balaban J connectivity index is 1.60. The molecule has 118 valence electrons. The summed E-state index contributed by atoms with van der Waals surface area (Å²) in [5.41, 5.74) is -0.729. The van der Waals surface area contributed by atoms with Crippen LogP contribution in [-0.2, 0) is 4.79 Å². The van der Waals surface area contributed by atoms with Crippen molar-refractivity contribution in [3.8, 4) is 5.75 Å². The van der Waals surface area contributed by atoms with E-state index >= 15 is 0 Å². The fourth-order valence-electron chi connectivity index (χ4n) is 2.88. The molecular weight excluding hydrogens is 306 g/mol. The molecule has 0 saturated carbocycles. The third-order valence-electron chi connectivity index (χ3n) is 4.11. The number of imide groups is 1. The lowest BCUT2D eigenvalue weighted by atomic mass is 9.88. The molecule has 2 aliphatic heterocycles. The van der Waals surface area contributed by atoms with E-state index in [4.69, 9.17) is 16.3 Å². The fraction of sp³-hybridized carbons (Fsp3) is 0.467. The molecule has 1 aromatic rings. The molecule has 0 radical (unpaired) electrons. The van der Waals surface area contributed by atoms with Crippen LogP contribution >= 0.6 is 11.6 Å². The van der Waals surface area contributed by atoms with E-state index in [1.54, 1.807) is 12.1 Å². The number of rotatable bonds is 4. The second kappa shape index (κ2) is 6.14. The largest absolute Gasteiger partial charge is 0.490 e. The molecule has 22 heavy (non-hydrogen) atoms. The highest BCUT2D eigenvalue weighted by Gasteiger charge is 2.51. The number of benzene rings is 1. The van der Waals surface area contributed by atoms with Gasteiger partial charge in [-0.3, -0.25) is 9.69 Å². The fourth-order valence-corrected chi connectivity index (χ4v) is 3.07. The van der Waals surface area contributed by atoms with Crippen LogP contribution in [-0.4, -0.2) is 48.6 Å². The molecule has 0 bridgehead atoms. The summed E-state index contributed by atoms with van der Waals surface area (Å²) in [7, 11) is 0. The number of para-hydroxylation sites is 1. The minimum Gasteiger partial charge on any atom is -0.490 e. The normalized spacial score (nSPS) is 20.3. The molecule has 2 aliphatic rings. The Bertz CT molecular complexity index is 587. The van der Waals surface area contributed by atoms with Crippen LogP contribution < -0.4 is 15.4 Å². The summed E-state index contributed by atoms with van der Waals surface area (Å²) >= 11 is 6.00. The molecular formula is C15H18ClN3O3. The van der Waals surface area contributed by atoms with Gasteiger partial charge in [0.05, 0.1) is 11.6 Å². The van der Waals surface area contributed by atoms with Gasteiger partial charge in [0.1, 0.15) is 17.9 Å². The van der Waals surface area contributed by atoms with Crippen molar-refractivity contribution in [3.05, 3.63) is 29.3 Å². The summed E-state index contributed by atoms with van der Waals surface area (Å²) in [6, 6.07) is 6.78. The molecule has 0 aliphatic carbocycles. The Labute approximate surface area is 133 Å². The zero-order valence-corrected chi connectivity index (χ0v) is 12.9. The van der Waals surface area contributed by atoms with Crippen LogP contribution in [0, 0.1) is 0 Å². The predicted octanol–water partition coefficient (Wildman–Crippen LogP) is 1.39. The van der Waals surface area contributed by atoms with Crippen molar-refractivity contribution in [1.29, 1.82) is 0 Å². The van der Waals surface area contributed by atoms with Crippen LogP contribution in [0.15, 0.2) is 24.3 Å². The SMILES string of the molecule is O=C1NC2(CCNCC2)C(=O)N1CCOc1ccccc1Cl. The minimum atomic E-state index is -0.729. The van der Waals surface area contributed by atoms with Gasteiger partial charge in [0.15, 0.2) is 0 Å². The molecule has 2 saturated heterocycles. The first-order chi connectivity index (χ1) is 10.6. The van der Waals surface area contributed by atoms with Gasteiger partial charge in [-0.15, -0.1) is 0 Å². The number of nitrogens with one attached hydrogen (secondary N) is 2. The van der Waals surface area contributed by atoms with Crippen molar-refractivity contribution < 1.29 is 14.3 Å². The highest BCUT2D eigenvalue weighted by atomic mass is 35.5. The molecule has 3 amide bonds. The number of urea groups is 1. The molecule has 0 atom stereocenters. The first-order valence-corrected chi connectivity index (χ1v) is 7.72. The van der Waals surface area contributed by atoms with Crippen LogP contribution in [0.4, 0.5) is 4.79 Å². The van der Waals surface area contributed by atoms with E-state index in [9.17, 15) is 9.59 Å². The average molecular weight is 324 g/mol. The van der Waals surface area contributed by atoms with E-state index in [0.29, 0.717) is 23.6 Å². The maximum atomic E-state index is 12.5. The Morgan fingerprint density at radius 2 is 1.95 bits per heavy atom. The van der Waals surface area contributed by atoms with E-state index in [1.165, 1.54) is 4.90 Å². The number of hydrogen-bond acceptors (Lipinski definition) is 4. The van der Waals surface area contributed by atoms with Crippen LogP contribution in [0.2, 0.25) is 5.02 Å². The van der Waals surface area contributed by atoms with Crippen LogP contribution in [0.1, 0.15) is 12.8 Å². The Kier molecular flexibility index (Phi) is 4.22. The molecule has 2 N–H and O–H groups in total. The second-order valence-electron chi connectivity index (χ2n) is 5.50. The number of amides is 3. The van der Waals surface area contributed by atoms with Gasteiger partial charge in [-0.2, -0.15) is 0 Å².